The van der Waals surface area contributed by atoms with Crippen molar-refractivity contribution in [2.45, 2.75) is 32.2 Å². The van der Waals surface area contributed by atoms with Gasteiger partial charge in [0.1, 0.15) is 5.75 Å². The molecule has 1 fully saturated rings. The third-order valence-corrected chi connectivity index (χ3v) is 5.37. The van der Waals surface area contributed by atoms with Crippen LogP contribution >= 0.6 is 0 Å². The largest absolute Gasteiger partial charge is 0.493 e. The number of para-hydroxylation sites is 1. The van der Waals surface area contributed by atoms with Crippen molar-refractivity contribution in [3.63, 3.8) is 0 Å². The molecule has 5 nitrogen and oxygen atoms in total. The first-order chi connectivity index (χ1) is 11.6. The van der Waals surface area contributed by atoms with Crippen LogP contribution in [-0.2, 0) is 0 Å². The molecule has 0 spiro atoms. The van der Waals surface area contributed by atoms with E-state index in [4.69, 9.17) is 4.74 Å². The van der Waals surface area contributed by atoms with Gasteiger partial charge in [-0.05, 0) is 38.9 Å². The van der Waals surface area contributed by atoms with Gasteiger partial charge in [0.05, 0.1) is 6.61 Å². The second-order valence-corrected chi connectivity index (χ2v) is 7.15. The highest BCUT2D eigenvalue weighted by atomic mass is 16.5. The number of urea groups is 1. The Morgan fingerprint density at radius 1 is 1.46 bits per heavy atom. The Morgan fingerprint density at radius 3 is 3.04 bits per heavy atom. The van der Waals surface area contributed by atoms with Crippen molar-refractivity contribution in [1.82, 2.24) is 15.1 Å². The van der Waals surface area contributed by atoms with Gasteiger partial charge in [0.2, 0.25) is 0 Å². The molecule has 0 aliphatic carbocycles. The molecule has 3 atom stereocenters. The lowest BCUT2D eigenvalue weighted by Crippen LogP contribution is -2.45. The Labute approximate surface area is 145 Å². The number of carbonyl (C=O) groups is 1. The minimum atomic E-state index is 0.0635. The molecule has 1 N–H and O–H groups in total. The molecule has 0 aromatic heterocycles. The van der Waals surface area contributed by atoms with Crippen molar-refractivity contribution >= 4 is 6.03 Å². The number of nitrogens with one attached hydrogen (secondary N) is 1. The molecule has 0 saturated carbocycles. The number of ether oxygens (including phenoxy) is 1. The van der Waals surface area contributed by atoms with E-state index in [9.17, 15) is 4.79 Å². The first-order valence-corrected chi connectivity index (χ1v) is 9.04. The number of hydrogen-bond donors (Lipinski definition) is 1. The van der Waals surface area contributed by atoms with Crippen molar-refractivity contribution < 1.29 is 9.53 Å². The number of amides is 2. The molecule has 2 aliphatic heterocycles. The Bertz CT molecular complexity index is 577. The SMILES string of the molecule is CCN(C)C[C@@H]1CCN(C(=O)N[C@H](C)[C@H]2COc3ccccc32)C1. The van der Waals surface area contributed by atoms with Gasteiger partial charge in [-0.2, -0.15) is 0 Å². The van der Waals surface area contributed by atoms with E-state index in [0.29, 0.717) is 12.5 Å². The molecule has 0 radical (unpaired) electrons. The first-order valence-electron chi connectivity index (χ1n) is 9.04. The first kappa shape index (κ1) is 17.1. The van der Waals surface area contributed by atoms with Crippen molar-refractivity contribution in [2.75, 3.05) is 39.8 Å². The number of carbonyl (C=O) groups excluding carboxylic acids is 1. The highest BCUT2D eigenvalue weighted by Crippen LogP contribution is 2.35. The predicted molar refractivity (Wildman–Crippen MR) is 95.5 cm³/mol. The highest BCUT2D eigenvalue weighted by Gasteiger charge is 2.32. The quantitative estimate of drug-likeness (QED) is 0.902. The summed E-state index contributed by atoms with van der Waals surface area (Å²) >= 11 is 0. The third kappa shape index (κ3) is 3.66. The second-order valence-electron chi connectivity index (χ2n) is 7.15. The zero-order valence-electron chi connectivity index (χ0n) is 15.0. The van der Waals surface area contributed by atoms with Crippen LogP contribution in [0.4, 0.5) is 4.79 Å². The van der Waals surface area contributed by atoms with E-state index in [-0.39, 0.29) is 18.0 Å². The fraction of sp³-hybridized carbons (Fsp3) is 0.632. The lowest BCUT2D eigenvalue weighted by atomic mass is 9.94. The van der Waals surface area contributed by atoms with Crippen molar-refractivity contribution in [1.29, 1.82) is 0 Å². The molecule has 0 bridgehead atoms. The van der Waals surface area contributed by atoms with E-state index in [1.807, 2.05) is 23.1 Å². The highest BCUT2D eigenvalue weighted by molar-refractivity contribution is 5.75. The fourth-order valence-electron chi connectivity index (χ4n) is 3.72. The molecule has 3 rings (SSSR count). The van der Waals surface area contributed by atoms with E-state index >= 15 is 0 Å². The summed E-state index contributed by atoms with van der Waals surface area (Å²) < 4.78 is 5.74. The van der Waals surface area contributed by atoms with E-state index < -0.39 is 0 Å². The van der Waals surface area contributed by atoms with Crippen LogP contribution in [0.25, 0.3) is 0 Å². The minimum Gasteiger partial charge on any atom is -0.493 e. The topological polar surface area (TPSA) is 44.8 Å². The van der Waals surface area contributed by atoms with Crippen molar-refractivity contribution in [3.05, 3.63) is 29.8 Å². The number of rotatable bonds is 5. The Hall–Kier alpha value is -1.75. The maximum atomic E-state index is 12.6. The Balaban J connectivity index is 1.52. The summed E-state index contributed by atoms with van der Waals surface area (Å²) in [7, 11) is 2.14. The van der Waals surface area contributed by atoms with Crippen molar-refractivity contribution in [3.8, 4) is 5.75 Å². The molecule has 1 aromatic carbocycles. The van der Waals surface area contributed by atoms with Gasteiger partial charge >= 0.3 is 6.03 Å². The van der Waals surface area contributed by atoms with Gasteiger partial charge in [-0.1, -0.05) is 25.1 Å². The zero-order valence-corrected chi connectivity index (χ0v) is 15.0. The predicted octanol–water partition coefficient (Wildman–Crippen LogP) is 2.53. The number of likely N-dealkylation sites (tertiary alicyclic amines) is 1. The van der Waals surface area contributed by atoms with Gasteiger partial charge in [0, 0.05) is 37.2 Å². The summed E-state index contributed by atoms with van der Waals surface area (Å²) in [6.07, 6.45) is 1.10. The van der Waals surface area contributed by atoms with Crippen LogP contribution in [0.3, 0.4) is 0 Å². The molecule has 132 valence electrons. The maximum Gasteiger partial charge on any atom is 0.317 e. The van der Waals surface area contributed by atoms with Crippen LogP contribution in [0, 0.1) is 5.92 Å². The lowest BCUT2D eigenvalue weighted by molar-refractivity contribution is 0.197. The van der Waals surface area contributed by atoms with Gasteiger partial charge < -0.3 is 19.9 Å². The van der Waals surface area contributed by atoms with Crippen LogP contribution in [0.2, 0.25) is 0 Å². The van der Waals surface area contributed by atoms with Crippen LogP contribution < -0.4 is 10.1 Å². The molecule has 2 amide bonds. The molecular formula is C19H29N3O2. The van der Waals surface area contributed by atoms with E-state index in [1.165, 1.54) is 5.56 Å². The Morgan fingerprint density at radius 2 is 2.25 bits per heavy atom. The molecule has 2 aliphatic rings. The zero-order chi connectivity index (χ0) is 17.1. The normalized spacial score (nSPS) is 23.9. The third-order valence-electron chi connectivity index (χ3n) is 5.37. The van der Waals surface area contributed by atoms with Crippen LogP contribution in [-0.4, -0.2) is 61.7 Å². The van der Waals surface area contributed by atoms with Gasteiger partial charge in [-0.25, -0.2) is 4.79 Å². The molecule has 5 heteroatoms. The van der Waals surface area contributed by atoms with Gasteiger partial charge in [0.25, 0.3) is 0 Å². The average Bonchev–Trinajstić information content (AvgIpc) is 3.21. The number of benzene rings is 1. The fourth-order valence-corrected chi connectivity index (χ4v) is 3.72. The number of nitrogens with zero attached hydrogens (tertiary/aromatic N) is 2. The molecule has 24 heavy (non-hydrogen) atoms. The molecule has 2 heterocycles. The van der Waals surface area contributed by atoms with Gasteiger partial charge in [-0.15, -0.1) is 0 Å². The summed E-state index contributed by atoms with van der Waals surface area (Å²) in [5.41, 5.74) is 1.20. The molecule has 1 aromatic rings. The summed E-state index contributed by atoms with van der Waals surface area (Å²) in [5.74, 6) is 1.77. The minimum absolute atomic E-state index is 0.0635. The standard InChI is InChI=1S/C19H29N3O2/c1-4-21(3)11-15-9-10-22(12-15)19(23)20-14(2)17-13-24-18-8-6-5-7-16(17)18/h5-8,14-15,17H,4,9-13H2,1-3H3,(H,20,23)/t14-,15+,17-/m1/s1. The average molecular weight is 331 g/mol. The van der Waals surface area contributed by atoms with Crippen molar-refractivity contribution in [2.24, 2.45) is 5.92 Å². The Kier molecular flexibility index (Phi) is 5.29. The molecule has 0 unspecified atom stereocenters. The maximum absolute atomic E-state index is 12.6. The van der Waals surface area contributed by atoms with E-state index in [0.717, 1.165) is 38.3 Å². The molecular weight excluding hydrogens is 302 g/mol. The number of fused-ring (bicyclic) bond motifs is 1. The monoisotopic (exact) mass is 331 g/mol. The van der Waals surface area contributed by atoms with Crippen LogP contribution in [0.15, 0.2) is 24.3 Å². The van der Waals surface area contributed by atoms with Gasteiger partial charge in [-0.3, -0.25) is 0 Å². The summed E-state index contributed by atoms with van der Waals surface area (Å²) in [5, 5.41) is 3.19. The second kappa shape index (κ2) is 7.43. The van der Waals surface area contributed by atoms with E-state index in [2.05, 4.69) is 37.2 Å². The lowest BCUT2D eigenvalue weighted by Gasteiger charge is -2.25. The van der Waals surface area contributed by atoms with Crippen LogP contribution in [0.1, 0.15) is 31.7 Å². The number of hydrogen-bond acceptors (Lipinski definition) is 3. The van der Waals surface area contributed by atoms with Gasteiger partial charge in [0.15, 0.2) is 0 Å². The van der Waals surface area contributed by atoms with E-state index in [1.54, 1.807) is 0 Å². The van der Waals surface area contributed by atoms with Crippen LogP contribution in [0.5, 0.6) is 5.75 Å². The summed E-state index contributed by atoms with van der Waals surface area (Å²) in [6, 6.07) is 8.25. The smallest absolute Gasteiger partial charge is 0.317 e. The summed E-state index contributed by atoms with van der Waals surface area (Å²) in [6.45, 7) is 8.74. The summed E-state index contributed by atoms with van der Waals surface area (Å²) in [4.78, 5) is 16.9. The molecule has 1 saturated heterocycles.